The van der Waals surface area contributed by atoms with Gasteiger partial charge in [-0.05, 0) is 54.8 Å². The summed E-state index contributed by atoms with van der Waals surface area (Å²) in [5.41, 5.74) is 4.39. The number of hydrogen-bond acceptors (Lipinski definition) is 5. The molecule has 0 saturated heterocycles. The molecular weight excluding hydrogens is 518 g/mol. The molecule has 4 rings (SSSR count). The van der Waals surface area contributed by atoms with E-state index in [-0.39, 0.29) is 5.56 Å². The quantitative estimate of drug-likeness (QED) is 0.185. The highest BCUT2D eigenvalue weighted by atomic mass is 79.9. The number of allylic oxidation sites excluding steroid dienone is 1. The summed E-state index contributed by atoms with van der Waals surface area (Å²) in [6.07, 6.45) is 4.62. The van der Waals surface area contributed by atoms with E-state index in [1.165, 1.54) is 10.2 Å². The van der Waals surface area contributed by atoms with Gasteiger partial charge in [0.1, 0.15) is 12.4 Å². The van der Waals surface area contributed by atoms with Crippen LogP contribution in [0.25, 0.3) is 10.9 Å². The summed E-state index contributed by atoms with van der Waals surface area (Å²) in [6, 6.07) is 17.5. The smallest absolute Gasteiger partial charge is 0.282 e. The molecule has 0 spiro atoms. The number of nitrogens with zero attached hydrogens (tertiary/aromatic N) is 3. The van der Waals surface area contributed by atoms with E-state index in [9.17, 15) is 4.79 Å². The Labute approximate surface area is 219 Å². The minimum Gasteiger partial charge on any atom is -0.493 e. The van der Waals surface area contributed by atoms with Gasteiger partial charge in [-0.15, -0.1) is 6.58 Å². The Bertz CT molecular complexity index is 1490. The second-order valence-electron chi connectivity index (χ2n) is 8.38. The maximum atomic E-state index is 13.2. The molecule has 0 amide bonds. The number of fused-ring (bicyclic) bond motifs is 1. The Balaban J connectivity index is 1.71. The Morgan fingerprint density at radius 3 is 2.61 bits per heavy atom. The lowest BCUT2D eigenvalue weighted by Crippen LogP contribution is -2.22. The number of ether oxygens (including phenoxy) is 2. The van der Waals surface area contributed by atoms with Crippen LogP contribution in [-0.4, -0.2) is 23.0 Å². The van der Waals surface area contributed by atoms with Crippen molar-refractivity contribution in [2.24, 2.45) is 5.10 Å². The largest absolute Gasteiger partial charge is 0.493 e. The van der Waals surface area contributed by atoms with Gasteiger partial charge >= 0.3 is 0 Å². The lowest BCUT2D eigenvalue weighted by atomic mass is 10.1. The molecule has 1 aromatic heterocycles. The van der Waals surface area contributed by atoms with Crippen molar-refractivity contribution in [3.63, 3.8) is 0 Å². The van der Waals surface area contributed by atoms with E-state index in [0.29, 0.717) is 47.7 Å². The van der Waals surface area contributed by atoms with Gasteiger partial charge in [-0.1, -0.05) is 58.8 Å². The highest BCUT2D eigenvalue weighted by Gasteiger charge is 2.14. The predicted molar refractivity (Wildman–Crippen MR) is 148 cm³/mol. The molecule has 0 unspecified atom stereocenters. The Kier molecular flexibility index (Phi) is 8.00. The third-order valence-electron chi connectivity index (χ3n) is 5.76. The zero-order chi connectivity index (χ0) is 25.7. The van der Waals surface area contributed by atoms with Crippen molar-refractivity contribution in [1.82, 2.24) is 9.66 Å². The molecular formula is C29H28BrN3O3. The van der Waals surface area contributed by atoms with Crippen LogP contribution in [0, 0.1) is 6.92 Å². The number of halogens is 1. The number of benzene rings is 3. The summed E-state index contributed by atoms with van der Waals surface area (Å²) < 4.78 is 14.0. The maximum Gasteiger partial charge on any atom is 0.282 e. The molecule has 0 aliphatic heterocycles. The molecule has 0 atom stereocenters. The van der Waals surface area contributed by atoms with Crippen molar-refractivity contribution in [3.8, 4) is 11.5 Å². The minimum absolute atomic E-state index is 0.217. The van der Waals surface area contributed by atoms with E-state index in [2.05, 4.69) is 63.8 Å². The number of aromatic nitrogens is 2. The molecule has 0 saturated carbocycles. The van der Waals surface area contributed by atoms with E-state index in [1.807, 2.05) is 37.3 Å². The summed E-state index contributed by atoms with van der Waals surface area (Å²) in [7, 11) is 1.61. The number of aryl methyl sites for hydroxylation is 2. The van der Waals surface area contributed by atoms with Crippen LogP contribution in [0.2, 0.25) is 0 Å². The minimum atomic E-state index is -0.217. The molecule has 0 radical (unpaired) electrons. The normalized spacial score (nSPS) is 11.2. The van der Waals surface area contributed by atoms with Crippen molar-refractivity contribution >= 4 is 33.0 Å². The van der Waals surface area contributed by atoms with Crippen LogP contribution >= 0.6 is 15.9 Å². The van der Waals surface area contributed by atoms with Crippen LogP contribution < -0.4 is 15.0 Å². The average molecular weight is 546 g/mol. The van der Waals surface area contributed by atoms with Crippen LogP contribution in [0.3, 0.4) is 0 Å². The molecule has 4 aromatic rings. The van der Waals surface area contributed by atoms with Crippen LogP contribution in [0.5, 0.6) is 11.5 Å². The van der Waals surface area contributed by atoms with Crippen LogP contribution in [0.1, 0.15) is 35.0 Å². The highest BCUT2D eigenvalue weighted by Crippen LogP contribution is 2.34. The molecule has 1 heterocycles. The molecule has 6 nitrogen and oxygen atoms in total. The van der Waals surface area contributed by atoms with Gasteiger partial charge in [0.25, 0.3) is 5.56 Å². The van der Waals surface area contributed by atoms with E-state index in [4.69, 9.17) is 9.47 Å². The van der Waals surface area contributed by atoms with Crippen molar-refractivity contribution in [1.29, 1.82) is 0 Å². The van der Waals surface area contributed by atoms with Crippen molar-refractivity contribution in [3.05, 3.63) is 110 Å². The fourth-order valence-corrected chi connectivity index (χ4v) is 4.25. The van der Waals surface area contributed by atoms with Gasteiger partial charge in [-0.2, -0.15) is 9.78 Å². The zero-order valence-corrected chi connectivity index (χ0v) is 22.2. The lowest BCUT2D eigenvalue weighted by molar-refractivity contribution is 0.282. The molecule has 0 aliphatic carbocycles. The van der Waals surface area contributed by atoms with Crippen LogP contribution in [0.4, 0.5) is 0 Å². The molecule has 3 aromatic carbocycles. The number of hydrogen-bond donors (Lipinski definition) is 0. The topological polar surface area (TPSA) is 65.7 Å². The fourth-order valence-electron chi connectivity index (χ4n) is 3.89. The molecule has 0 fully saturated rings. The highest BCUT2D eigenvalue weighted by molar-refractivity contribution is 9.10. The third kappa shape index (κ3) is 5.57. The second kappa shape index (κ2) is 11.4. The van der Waals surface area contributed by atoms with Crippen molar-refractivity contribution in [2.45, 2.75) is 33.3 Å². The first-order chi connectivity index (χ1) is 17.4. The van der Waals surface area contributed by atoms with Gasteiger partial charge in [-0.25, -0.2) is 4.98 Å². The fraction of sp³-hybridized carbons (Fsp3) is 0.207. The van der Waals surface area contributed by atoms with Gasteiger partial charge < -0.3 is 9.47 Å². The van der Waals surface area contributed by atoms with E-state index >= 15 is 0 Å². The third-order valence-corrected chi connectivity index (χ3v) is 6.25. The summed E-state index contributed by atoms with van der Waals surface area (Å²) in [5.74, 6) is 1.84. The average Bonchev–Trinajstić information content (AvgIpc) is 2.88. The molecule has 184 valence electrons. The zero-order valence-electron chi connectivity index (χ0n) is 20.6. The van der Waals surface area contributed by atoms with Gasteiger partial charge in [-0.3, -0.25) is 4.79 Å². The first kappa shape index (κ1) is 25.4. The van der Waals surface area contributed by atoms with Gasteiger partial charge in [0.2, 0.25) is 0 Å². The standard InChI is InChI=1S/C29H28BrN3O3/c1-5-7-22-14-21(15-26(35-4)28(22)36-18-20-10-8-19(3)9-11-20)17-31-33-27(6-2)32-25-13-12-23(30)16-24(25)29(33)34/h5,8-17H,1,6-7,18H2,2-4H3. The van der Waals surface area contributed by atoms with Crippen molar-refractivity contribution < 1.29 is 9.47 Å². The first-order valence-corrected chi connectivity index (χ1v) is 12.5. The van der Waals surface area contributed by atoms with E-state index < -0.39 is 0 Å². The van der Waals surface area contributed by atoms with E-state index in [1.54, 1.807) is 19.4 Å². The molecule has 7 heteroatoms. The second-order valence-corrected chi connectivity index (χ2v) is 9.30. The summed E-state index contributed by atoms with van der Waals surface area (Å²) in [5, 5.41) is 5.02. The molecule has 0 aliphatic rings. The van der Waals surface area contributed by atoms with Crippen LogP contribution in [-0.2, 0) is 19.4 Å². The van der Waals surface area contributed by atoms with Crippen molar-refractivity contribution in [2.75, 3.05) is 7.11 Å². The van der Waals surface area contributed by atoms with Crippen LogP contribution in [0.15, 0.2) is 81.6 Å². The van der Waals surface area contributed by atoms with Gasteiger partial charge in [0.15, 0.2) is 11.5 Å². The van der Waals surface area contributed by atoms with Gasteiger partial charge in [0.05, 0.1) is 24.2 Å². The SMILES string of the molecule is C=CCc1cc(C=Nn2c(CC)nc3ccc(Br)cc3c2=O)cc(OC)c1OCc1ccc(C)cc1. The number of methoxy groups -OCH3 is 1. The summed E-state index contributed by atoms with van der Waals surface area (Å²) >= 11 is 3.43. The molecule has 0 bridgehead atoms. The van der Waals surface area contributed by atoms with E-state index in [0.717, 1.165) is 21.2 Å². The summed E-state index contributed by atoms with van der Waals surface area (Å²) in [4.78, 5) is 17.8. The predicted octanol–water partition coefficient (Wildman–Crippen LogP) is 6.23. The first-order valence-electron chi connectivity index (χ1n) is 11.7. The van der Waals surface area contributed by atoms with Gasteiger partial charge in [0, 0.05) is 16.5 Å². The maximum absolute atomic E-state index is 13.2. The Morgan fingerprint density at radius 2 is 1.92 bits per heavy atom. The Hall–Kier alpha value is -3.71. The Morgan fingerprint density at radius 1 is 1.14 bits per heavy atom. The lowest BCUT2D eigenvalue weighted by Gasteiger charge is -2.16. The molecule has 0 N–H and O–H groups in total. The monoisotopic (exact) mass is 545 g/mol. The molecule has 36 heavy (non-hydrogen) atoms. The number of rotatable bonds is 9. The summed E-state index contributed by atoms with van der Waals surface area (Å²) in [6.45, 7) is 8.31.